The van der Waals surface area contributed by atoms with Gasteiger partial charge in [-0.1, -0.05) is 66.7 Å². The number of rotatable bonds is 10. The zero-order valence-corrected chi connectivity index (χ0v) is 25.6. The van der Waals surface area contributed by atoms with Crippen LogP contribution in [0, 0.1) is 6.92 Å². The van der Waals surface area contributed by atoms with Gasteiger partial charge in [-0.2, -0.15) is 0 Å². The molecule has 4 aromatic carbocycles. The third kappa shape index (κ3) is 7.22. The molecule has 1 aromatic heterocycles. The maximum absolute atomic E-state index is 13.0. The zero-order valence-electron chi connectivity index (χ0n) is 24.8. The first-order valence-corrected chi connectivity index (χ1v) is 15.5. The summed E-state index contributed by atoms with van der Waals surface area (Å²) in [5.41, 5.74) is 6.47. The van der Waals surface area contributed by atoms with Gasteiger partial charge < -0.3 is 24.2 Å². The first kappa shape index (κ1) is 30.1. The van der Waals surface area contributed by atoms with Crippen molar-refractivity contribution in [1.29, 1.82) is 0 Å². The molecular formula is C36H32N2O6S. The number of aromatic nitrogens is 1. The predicted molar refractivity (Wildman–Crippen MR) is 174 cm³/mol. The van der Waals surface area contributed by atoms with Crippen LogP contribution in [0.5, 0.6) is 11.5 Å². The number of hydrogen-bond donors (Lipinski definition) is 1. The molecule has 1 N–H and O–H groups in total. The van der Waals surface area contributed by atoms with E-state index in [1.165, 1.54) is 0 Å². The molecule has 1 aliphatic heterocycles. The summed E-state index contributed by atoms with van der Waals surface area (Å²) >= 11 is 1.57. The van der Waals surface area contributed by atoms with Crippen molar-refractivity contribution in [3.63, 3.8) is 0 Å². The number of nitrogens with zero attached hydrogens (tertiary/aromatic N) is 2. The van der Waals surface area contributed by atoms with E-state index in [0.717, 1.165) is 43.4 Å². The normalized spacial score (nSPS) is 13.0. The molecule has 9 heteroatoms. The van der Waals surface area contributed by atoms with Crippen LogP contribution in [0.15, 0.2) is 97.1 Å². The Bertz CT molecular complexity index is 1780. The number of carbonyl (C=O) groups is 2. The van der Waals surface area contributed by atoms with Gasteiger partial charge in [0.2, 0.25) is 0 Å². The monoisotopic (exact) mass is 620 g/mol. The number of morpholine rings is 1. The largest absolute Gasteiger partial charge is 0.486 e. The van der Waals surface area contributed by atoms with Crippen LogP contribution in [0.4, 0.5) is 0 Å². The zero-order chi connectivity index (χ0) is 31.2. The van der Waals surface area contributed by atoms with Crippen LogP contribution in [0.1, 0.15) is 20.9 Å². The van der Waals surface area contributed by atoms with Gasteiger partial charge in [0, 0.05) is 24.2 Å². The Hall–Kier alpha value is -4.99. The minimum atomic E-state index is -1.03. The van der Waals surface area contributed by atoms with Gasteiger partial charge in [0.15, 0.2) is 6.61 Å². The Morgan fingerprint density at radius 3 is 2.20 bits per heavy atom. The number of benzene rings is 4. The van der Waals surface area contributed by atoms with Gasteiger partial charge in [0.05, 0.1) is 23.8 Å². The standard InChI is InChI=1S/C36H32N2O6S/c1-24-21-30(15-16-31(24)44-23-33(39)40)43-22-32-37-34(27-9-13-29(14-10-27)36(41)38-17-19-42-20-18-38)35(45-32)28-11-7-26(8-12-28)25-5-3-2-4-6-25/h2-16,21H,17-20,22-23H2,1H3,(H,39,40). The number of aryl methyl sites for hydroxylation is 1. The summed E-state index contributed by atoms with van der Waals surface area (Å²) < 4.78 is 16.8. The second-order valence-electron chi connectivity index (χ2n) is 10.6. The third-order valence-electron chi connectivity index (χ3n) is 7.49. The molecule has 2 heterocycles. The molecule has 1 fully saturated rings. The fourth-order valence-electron chi connectivity index (χ4n) is 5.14. The van der Waals surface area contributed by atoms with Gasteiger partial charge in [0.1, 0.15) is 23.1 Å². The molecule has 6 rings (SSSR count). The molecule has 228 valence electrons. The lowest BCUT2D eigenvalue weighted by Crippen LogP contribution is -2.40. The van der Waals surface area contributed by atoms with Crippen LogP contribution in [0.2, 0.25) is 0 Å². The van der Waals surface area contributed by atoms with Crippen molar-refractivity contribution in [2.75, 3.05) is 32.9 Å². The number of carboxylic acid groups (broad SMARTS) is 1. The molecule has 1 aliphatic rings. The number of carbonyl (C=O) groups excluding carboxylic acids is 1. The second kappa shape index (κ2) is 13.8. The average molecular weight is 621 g/mol. The Morgan fingerprint density at radius 2 is 1.51 bits per heavy atom. The molecule has 5 aromatic rings. The number of thiazole rings is 1. The van der Waals surface area contributed by atoms with Crippen LogP contribution in [0.25, 0.3) is 32.8 Å². The van der Waals surface area contributed by atoms with Gasteiger partial charge in [-0.25, -0.2) is 9.78 Å². The molecule has 0 saturated carbocycles. The van der Waals surface area contributed by atoms with Gasteiger partial charge in [0.25, 0.3) is 5.91 Å². The summed E-state index contributed by atoms with van der Waals surface area (Å²) in [6.45, 7) is 4.00. The molecule has 0 radical (unpaired) electrons. The summed E-state index contributed by atoms with van der Waals surface area (Å²) in [5.74, 6) is 0.103. The average Bonchev–Trinajstić information content (AvgIpc) is 3.52. The summed E-state index contributed by atoms with van der Waals surface area (Å²) in [4.78, 5) is 31.7. The minimum Gasteiger partial charge on any atom is -0.486 e. The van der Waals surface area contributed by atoms with Crippen LogP contribution in [-0.4, -0.2) is 59.8 Å². The number of carboxylic acids is 1. The smallest absolute Gasteiger partial charge is 0.341 e. The van der Waals surface area contributed by atoms with Crippen molar-refractivity contribution >= 4 is 23.2 Å². The summed E-state index contributed by atoms with van der Waals surface area (Å²) in [5, 5.41) is 9.70. The molecule has 45 heavy (non-hydrogen) atoms. The molecule has 0 aliphatic carbocycles. The molecular weight excluding hydrogens is 588 g/mol. The fraction of sp³-hybridized carbons (Fsp3) is 0.194. The van der Waals surface area contributed by atoms with Crippen LogP contribution in [0.3, 0.4) is 0 Å². The van der Waals surface area contributed by atoms with Crippen LogP contribution >= 0.6 is 11.3 Å². The van der Waals surface area contributed by atoms with E-state index in [4.69, 9.17) is 24.3 Å². The topological polar surface area (TPSA) is 98.2 Å². The van der Waals surface area contributed by atoms with E-state index in [2.05, 4.69) is 36.4 Å². The molecule has 1 saturated heterocycles. The molecule has 8 nitrogen and oxygen atoms in total. The fourth-order valence-corrected chi connectivity index (χ4v) is 6.14. The molecule has 1 amide bonds. The van der Waals surface area contributed by atoms with E-state index < -0.39 is 12.6 Å². The second-order valence-corrected chi connectivity index (χ2v) is 11.7. The molecule has 0 atom stereocenters. The lowest BCUT2D eigenvalue weighted by Gasteiger charge is -2.26. The number of ether oxygens (including phenoxy) is 3. The quantitative estimate of drug-likeness (QED) is 0.180. The van der Waals surface area contributed by atoms with Crippen molar-refractivity contribution in [2.24, 2.45) is 0 Å². The summed E-state index contributed by atoms with van der Waals surface area (Å²) in [6, 6.07) is 31.6. The van der Waals surface area contributed by atoms with Gasteiger partial charge in [-0.3, -0.25) is 4.79 Å². The lowest BCUT2D eigenvalue weighted by atomic mass is 10.0. The Balaban J connectivity index is 1.26. The number of amides is 1. The third-order valence-corrected chi connectivity index (χ3v) is 8.57. The first-order chi connectivity index (χ1) is 21.9. The van der Waals surface area contributed by atoms with Gasteiger partial charge in [-0.05, 0) is 59.5 Å². The maximum atomic E-state index is 13.0. The first-order valence-electron chi connectivity index (χ1n) is 14.7. The van der Waals surface area contributed by atoms with Crippen molar-refractivity contribution < 1.29 is 28.9 Å². The number of aliphatic carboxylic acids is 1. The van der Waals surface area contributed by atoms with Crippen molar-refractivity contribution in [1.82, 2.24) is 9.88 Å². The maximum Gasteiger partial charge on any atom is 0.341 e. The van der Waals surface area contributed by atoms with Crippen molar-refractivity contribution in [2.45, 2.75) is 13.5 Å². The van der Waals surface area contributed by atoms with E-state index in [0.29, 0.717) is 43.4 Å². The highest BCUT2D eigenvalue weighted by Crippen LogP contribution is 2.38. The minimum absolute atomic E-state index is 0.00335. The van der Waals surface area contributed by atoms with Crippen molar-refractivity contribution in [3.8, 4) is 44.3 Å². The lowest BCUT2D eigenvalue weighted by molar-refractivity contribution is -0.139. The van der Waals surface area contributed by atoms with E-state index in [1.807, 2.05) is 60.4 Å². The number of hydrogen-bond acceptors (Lipinski definition) is 7. The van der Waals surface area contributed by atoms with E-state index in [1.54, 1.807) is 23.5 Å². The predicted octanol–water partition coefficient (Wildman–Crippen LogP) is 6.97. The van der Waals surface area contributed by atoms with Gasteiger partial charge >= 0.3 is 5.97 Å². The van der Waals surface area contributed by atoms with Crippen LogP contribution in [-0.2, 0) is 16.1 Å². The molecule has 0 unspecified atom stereocenters. The summed E-state index contributed by atoms with van der Waals surface area (Å²) in [7, 11) is 0. The SMILES string of the molecule is Cc1cc(OCc2nc(-c3ccc(C(=O)N4CCOCC4)cc3)c(-c3ccc(-c4ccccc4)cc3)s2)ccc1OCC(=O)O. The van der Waals surface area contributed by atoms with E-state index in [9.17, 15) is 9.59 Å². The Morgan fingerprint density at radius 1 is 0.844 bits per heavy atom. The summed E-state index contributed by atoms with van der Waals surface area (Å²) in [6.07, 6.45) is 0. The Labute approximate surface area is 265 Å². The van der Waals surface area contributed by atoms with E-state index >= 15 is 0 Å². The van der Waals surface area contributed by atoms with Gasteiger partial charge in [-0.15, -0.1) is 11.3 Å². The Kier molecular flexibility index (Phi) is 9.19. The van der Waals surface area contributed by atoms with Crippen LogP contribution < -0.4 is 9.47 Å². The molecule has 0 bridgehead atoms. The van der Waals surface area contributed by atoms with E-state index in [-0.39, 0.29) is 12.5 Å². The van der Waals surface area contributed by atoms with Crippen molar-refractivity contribution in [3.05, 3.63) is 113 Å². The molecule has 0 spiro atoms. The highest BCUT2D eigenvalue weighted by Gasteiger charge is 2.20. The highest BCUT2D eigenvalue weighted by atomic mass is 32.1. The highest BCUT2D eigenvalue weighted by molar-refractivity contribution is 7.15.